The van der Waals surface area contributed by atoms with E-state index in [1.54, 1.807) is 0 Å². The van der Waals surface area contributed by atoms with Gasteiger partial charge in [-0.15, -0.1) is 0 Å². The molecule has 0 bridgehead atoms. The van der Waals surface area contributed by atoms with Crippen LogP contribution in [0, 0.1) is 0 Å². The Hall–Kier alpha value is -2.11. The number of esters is 3. The molecule has 70 heavy (non-hydrogen) atoms. The molecule has 0 aliphatic carbocycles. The van der Waals surface area contributed by atoms with Crippen molar-refractivity contribution in [1.29, 1.82) is 0 Å². The normalized spacial score (nSPS) is 12.1. The predicted molar refractivity (Wildman–Crippen MR) is 303 cm³/mol. The molecule has 0 aliphatic heterocycles. The number of carbonyl (C=O) groups is 3. The highest BCUT2D eigenvalue weighted by Gasteiger charge is 2.19. The van der Waals surface area contributed by atoms with Crippen molar-refractivity contribution in [2.75, 3.05) is 13.2 Å². The van der Waals surface area contributed by atoms with Crippen molar-refractivity contribution in [3.05, 3.63) is 24.3 Å². The lowest BCUT2D eigenvalue weighted by atomic mass is 10.0. The molecule has 0 aromatic rings. The number of rotatable bonds is 58. The van der Waals surface area contributed by atoms with E-state index in [-0.39, 0.29) is 31.1 Å². The first-order valence-electron chi connectivity index (χ1n) is 31.3. The van der Waals surface area contributed by atoms with Crippen molar-refractivity contribution in [3.63, 3.8) is 0 Å². The van der Waals surface area contributed by atoms with E-state index in [9.17, 15) is 14.4 Å². The van der Waals surface area contributed by atoms with Crippen molar-refractivity contribution in [2.45, 2.75) is 354 Å². The van der Waals surface area contributed by atoms with Crippen LogP contribution in [0.3, 0.4) is 0 Å². The van der Waals surface area contributed by atoms with E-state index in [2.05, 4.69) is 45.1 Å². The molecule has 0 rings (SSSR count). The maximum absolute atomic E-state index is 12.9. The number of allylic oxidation sites excluding steroid dienone is 4. The molecular weight excluding hydrogens is 865 g/mol. The third-order valence-corrected chi connectivity index (χ3v) is 14.2. The maximum atomic E-state index is 12.9. The minimum absolute atomic E-state index is 0.0708. The minimum Gasteiger partial charge on any atom is -0.462 e. The van der Waals surface area contributed by atoms with Gasteiger partial charge in [0.15, 0.2) is 6.10 Å². The summed E-state index contributed by atoms with van der Waals surface area (Å²) < 4.78 is 16.9. The van der Waals surface area contributed by atoms with E-state index in [0.29, 0.717) is 19.3 Å². The van der Waals surface area contributed by atoms with Crippen molar-refractivity contribution < 1.29 is 28.6 Å². The van der Waals surface area contributed by atoms with Crippen LogP contribution < -0.4 is 0 Å². The summed E-state index contributed by atoms with van der Waals surface area (Å²) in [5, 5.41) is 0. The van der Waals surface area contributed by atoms with Gasteiger partial charge in [0.25, 0.3) is 0 Å². The largest absolute Gasteiger partial charge is 0.462 e. The summed E-state index contributed by atoms with van der Waals surface area (Å²) in [4.78, 5) is 38.3. The van der Waals surface area contributed by atoms with Crippen LogP contribution >= 0.6 is 0 Å². The number of ether oxygens (including phenoxy) is 3. The number of unbranched alkanes of at least 4 members (excludes halogenated alkanes) is 43. The Balaban J connectivity index is 4.31. The molecule has 0 aromatic carbocycles. The van der Waals surface area contributed by atoms with Crippen molar-refractivity contribution >= 4 is 17.9 Å². The van der Waals surface area contributed by atoms with Gasteiger partial charge in [0.1, 0.15) is 13.2 Å². The molecule has 6 nitrogen and oxygen atoms in total. The van der Waals surface area contributed by atoms with Gasteiger partial charge in [-0.05, 0) is 70.6 Å². The summed E-state index contributed by atoms with van der Waals surface area (Å²) in [5.41, 5.74) is 0. The standard InChI is InChI=1S/C64H120O6/c1-4-7-10-13-16-19-22-25-28-30-32-33-35-36-39-42-45-48-51-54-57-63(66)69-60-61(59-68-62(65)56-53-50-47-44-41-38-27-24-21-18-15-12-9-6-3)70-64(67)58-55-52-49-46-43-40-37-34-31-29-26-23-20-17-14-11-8-5-2/h24,27,29,31,61H,4-23,25-26,28,30,32-60H2,1-3H3/b27-24-,31-29-. The van der Waals surface area contributed by atoms with E-state index in [1.807, 2.05) is 0 Å². The molecular formula is C64H120O6. The summed E-state index contributed by atoms with van der Waals surface area (Å²) in [6, 6.07) is 0. The fourth-order valence-corrected chi connectivity index (χ4v) is 9.44. The quantitative estimate of drug-likeness (QED) is 0.0261. The van der Waals surface area contributed by atoms with Gasteiger partial charge in [0, 0.05) is 19.3 Å². The molecule has 6 heteroatoms. The third kappa shape index (κ3) is 56.8. The first-order chi connectivity index (χ1) is 34.5. The van der Waals surface area contributed by atoms with Crippen LogP contribution in [0.4, 0.5) is 0 Å². The number of hydrogen-bond acceptors (Lipinski definition) is 6. The first kappa shape index (κ1) is 67.9. The second-order valence-electron chi connectivity index (χ2n) is 21.3. The van der Waals surface area contributed by atoms with E-state index in [0.717, 1.165) is 64.2 Å². The fourth-order valence-electron chi connectivity index (χ4n) is 9.44. The summed E-state index contributed by atoms with van der Waals surface area (Å²) in [6.07, 6.45) is 70.3. The molecule has 0 saturated heterocycles. The van der Waals surface area contributed by atoms with Crippen LogP contribution in [0.1, 0.15) is 348 Å². The van der Waals surface area contributed by atoms with E-state index in [4.69, 9.17) is 14.2 Å². The summed E-state index contributed by atoms with van der Waals surface area (Å²) in [7, 11) is 0. The van der Waals surface area contributed by atoms with Gasteiger partial charge in [0.2, 0.25) is 0 Å². The lowest BCUT2D eigenvalue weighted by Crippen LogP contribution is -2.30. The summed E-state index contributed by atoms with van der Waals surface area (Å²) in [6.45, 7) is 6.68. The molecule has 0 saturated carbocycles. The molecule has 1 atom stereocenters. The molecule has 0 aromatic heterocycles. The van der Waals surface area contributed by atoms with E-state index < -0.39 is 6.10 Å². The Bertz CT molecular complexity index is 1130. The van der Waals surface area contributed by atoms with E-state index in [1.165, 1.54) is 244 Å². The molecule has 0 amide bonds. The van der Waals surface area contributed by atoms with E-state index >= 15 is 0 Å². The topological polar surface area (TPSA) is 78.9 Å². The zero-order valence-electron chi connectivity index (χ0n) is 47.3. The molecule has 0 fully saturated rings. The second kappa shape index (κ2) is 59.5. The molecule has 0 heterocycles. The fraction of sp³-hybridized carbons (Fsp3) is 0.891. The Morgan fingerprint density at radius 1 is 0.271 bits per heavy atom. The highest BCUT2D eigenvalue weighted by Crippen LogP contribution is 2.17. The Labute approximate surface area is 436 Å². The molecule has 412 valence electrons. The predicted octanol–water partition coefficient (Wildman–Crippen LogP) is 21.1. The van der Waals surface area contributed by atoms with Crippen LogP contribution in [-0.4, -0.2) is 37.2 Å². The molecule has 0 radical (unpaired) electrons. The molecule has 1 unspecified atom stereocenters. The molecule has 0 spiro atoms. The van der Waals surface area contributed by atoms with Gasteiger partial charge in [0.05, 0.1) is 0 Å². The Kier molecular flexibility index (Phi) is 57.7. The van der Waals surface area contributed by atoms with Gasteiger partial charge < -0.3 is 14.2 Å². The van der Waals surface area contributed by atoms with Crippen LogP contribution in [0.25, 0.3) is 0 Å². The van der Waals surface area contributed by atoms with Crippen LogP contribution in [0.5, 0.6) is 0 Å². The number of hydrogen-bond donors (Lipinski definition) is 0. The monoisotopic (exact) mass is 985 g/mol. The van der Waals surface area contributed by atoms with Crippen LogP contribution in [0.15, 0.2) is 24.3 Å². The summed E-state index contributed by atoms with van der Waals surface area (Å²) in [5.74, 6) is -0.860. The van der Waals surface area contributed by atoms with Gasteiger partial charge in [-0.25, -0.2) is 0 Å². The molecule has 0 aliphatic rings. The van der Waals surface area contributed by atoms with Gasteiger partial charge in [-0.3, -0.25) is 14.4 Å². The van der Waals surface area contributed by atoms with Crippen molar-refractivity contribution in [3.8, 4) is 0 Å². The minimum atomic E-state index is -0.774. The number of carbonyl (C=O) groups excluding carboxylic acids is 3. The van der Waals surface area contributed by atoms with Crippen molar-refractivity contribution in [1.82, 2.24) is 0 Å². The smallest absolute Gasteiger partial charge is 0.306 e. The van der Waals surface area contributed by atoms with Crippen LogP contribution in [0.2, 0.25) is 0 Å². The average Bonchev–Trinajstić information content (AvgIpc) is 3.36. The Morgan fingerprint density at radius 2 is 0.471 bits per heavy atom. The molecule has 0 N–H and O–H groups in total. The summed E-state index contributed by atoms with van der Waals surface area (Å²) >= 11 is 0. The van der Waals surface area contributed by atoms with Gasteiger partial charge in [-0.2, -0.15) is 0 Å². The van der Waals surface area contributed by atoms with Gasteiger partial charge in [-0.1, -0.05) is 283 Å². The zero-order chi connectivity index (χ0) is 50.7. The SMILES string of the molecule is CCCCCCC/C=C\CCCCCCCC(=O)OCC(COC(=O)CCCCCCCCCCCCCCCCCCCCCC)OC(=O)CCCCCCCCC/C=C\CCCCCCCCC. The van der Waals surface area contributed by atoms with Crippen molar-refractivity contribution in [2.24, 2.45) is 0 Å². The lowest BCUT2D eigenvalue weighted by molar-refractivity contribution is -0.167. The van der Waals surface area contributed by atoms with Crippen LogP contribution in [-0.2, 0) is 28.6 Å². The highest BCUT2D eigenvalue weighted by atomic mass is 16.6. The average molecular weight is 986 g/mol. The highest BCUT2D eigenvalue weighted by molar-refractivity contribution is 5.71. The zero-order valence-corrected chi connectivity index (χ0v) is 47.3. The maximum Gasteiger partial charge on any atom is 0.306 e. The van der Waals surface area contributed by atoms with Gasteiger partial charge >= 0.3 is 17.9 Å². The first-order valence-corrected chi connectivity index (χ1v) is 31.3. The second-order valence-corrected chi connectivity index (χ2v) is 21.3. The Morgan fingerprint density at radius 3 is 0.714 bits per heavy atom. The third-order valence-electron chi connectivity index (χ3n) is 14.2. The lowest BCUT2D eigenvalue weighted by Gasteiger charge is -2.18.